The molecule has 0 amide bonds. The van der Waals surface area contributed by atoms with Crippen LogP contribution in [-0.2, 0) is 0 Å². The molecule has 0 aliphatic rings. The van der Waals surface area contributed by atoms with Gasteiger partial charge >= 0.3 is 0 Å². The normalized spacial score (nSPS) is 10.0. The number of nitrogens with zero attached hydrogens (tertiary/aromatic N) is 1. The number of para-hydroxylation sites is 2. The van der Waals surface area contributed by atoms with Crippen molar-refractivity contribution >= 4 is 10.9 Å². The summed E-state index contributed by atoms with van der Waals surface area (Å²) in [7, 11) is 1.67. The number of aromatic nitrogens is 1. The Morgan fingerprint density at radius 3 is 1.79 bits per heavy atom. The molecule has 0 aliphatic carbocycles. The van der Waals surface area contributed by atoms with Gasteiger partial charge in [-0.1, -0.05) is 90.4 Å². The number of hydrogen-bond donors (Lipinski definition) is 0. The summed E-state index contributed by atoms with van der Waals surface area (Å²) in [5.74, 6) is 14.2. The largest absolute Gasteiger partial charge is 0.496 e. The van der Waals surface area contributed by atoms with Gasteiger partial charge < -0.3 is 4.74 Å². The Balaban J connectivity index is 1.84. The zero-order valence-electron chi connectivity index (χ0n) is 18.7. The molecule has 1 heterocycles. The van der Waals surface area contributed by atoms with Gasteiger partial charge in [-0.15, -0.1) is 0 Å². The van der Waals surface area contributed by atoms with Crippen molar-refractivity contribution in [1.29, 1.82) is 0 Å². The number of methoxy groups -OCH3 is 1. The Hall–Kier alpha value is -4.79. The molecule has 0 N–H and O–H groups in total. The SMILES string of the molecule is COc1ccccc1-c1nc2ccccc2c(C#Cc2ccccc2)c1C#Cc1ccccc1. The van der Waals surface area contributed by atoms with E-state index in [1.807, 2.05) is 103 Å². The minimum Gasteiger partial charge on any atom is -0.496 e. The first kappa shape index (κ1) is 21.1. The minimum atomic E-state index is 0.745. The molecule has 0 unspecified atom stereocenters. The second-order valence-corrected chi connectivity index (χ2v) is 7.66. The summed E-state index contributed by atoms with van der Waals surface area (Å²) in [6.07, 6.45) is 0. The molecule has 0 atom stereocenters. The quantitative estimate of drug-likeness (QED) is 0.288. The van der Waals surface area contributed by atoms with Gasteiger partial charge in [-0.25, -0.2) is 4.98 Å². The molecule has 0 saturated heterocycles. The van der Waals surface area contributed by atoms with Crippen LogP contribution in [0.25, 0.3) is 22.2 Å². The summed E-state index contributed by atoms with van der Waals surface area (Å²) in [6, 6.07) is 35.9. The van der Waals surface area contributed by atoms with E-state index in [0.717, 1.165) is 50.2 Å². The van der Waals surface area contributed by atoms with Crippen LogP contribution in [0.1, 0.15) is 22.3 Å². The van der Waals surface area contributed by atoms with Gasteiger partial charge in [-0.2, -0.15) is 0 Å². The molecular weight excluding hydrogens is 414 g/mol. The molecule has 0 aliphatic heterocycles. The van der Waals surface area contributed by atoms with Gasteiger partial charge in [-0.3, -0.25) is 0 Å². The van der Waals surface area contributed by atoms with E-state index in [-0.39, 0.29) is 0 Å². The molecule has 2 nitrogen and oxygen atoms in total. The van der Waals surface area contributed by atoms with Crippen LogP contribution in [0.5, 0.6) is 5.75 Å². The van der Waals surface area contributed by atoms with E-state index >= 15 is 0 Å². The minimum absolute atomic E-state index is 0.745. The van der Waals surface area contributed by atoms with Gasteiger partial charge in [-0.05, 0) is 42.5 Å². The average Bonchev–Trinajstić information content (AvgIpc) is 2.91. The topological polar surface area (TPSA) is 22.1 Å². The molecule has 2 heteroatoms. The third-order valence-corrected chi connectivity index (χ3v) is 5.47. The number of fused-ring (bicyclic) bond motifs is 1. The van der Waals surface area contributed by atoms with Gasteiger partial charge in [0.05, 0.1) is 29.4 Å². The standard InChI is InChI=1S/C32H21NO/c1-34-31-19-11-9-17-29(31)32-28(23-21-25-14-6-3-7-15-25)26(22-20-24-12-4-2-5-13-24)27-16-8-10-18-30(27)33-32/h2-19H,1H3. The summed E-state index contributed by atoms with van der Waals surface area (Å²) in [4.78, 5) is 5.03. The summed E-state index contributed by atoms with van der Waals surface area (Å²) in [5, 5.41) is 0.974. The number of ether oxygens (including phenoxy) is 1. The van der Waals surface area contributed by atoms with Crippen LogP contribution in [-0.4, -0.2) is 12.1 Å². The number of benzene rings is 4. The lowest BCUT2D eigenvalue weighted by Gasteiger charge is -2.13. The van der Waals surface area contributed by atoms with E-state index in [1.54, 1.807) is 7.11 Å². The molecule has 0 saturated carbocycles. The van der Waals surface area contributed by atoms with Gasteiger partial charge in [0.2, 0.25) is 0 Å². The maximum Gasteiger partial charge on any atom is 0.128 e. The highest BCUT2D eigenvalue weighted by Crippen LogP contribution is 2.34. The van der Waals surface area contributed by atoms with Crippen molar-refractivity contribution in [3.8, 4) is 40.7 Å². The molecular formula is C32H21NO. The van der Waals surface area contributed by atoms with E-state index in [4.69, 9.17) is 9.72 Å². The van der Waals surface area contributed by atoms with E-state index in [2.05, 4.69) is 29.7 Å². The first-order valence-corrected chi connectivity index (χ1v) is 11.0. The Kier molecular flexibility index (Phi) is 6.06. The summed E-state index contributed by atoms with van der Waals surface area (Å²) in [5.41, 5.74) is 6.04. The van der Waals surface area contributed by atoms with Crippen molar-refractivity contribution in [3.63, 3.8) is 0 Å². The van der Waals surface area contributed by atoms with Crippen LogP contribution >= 0.6 is 0 Å². The van der Waals surface area contributed by atoms with Crippen LogP contribution in [0.2, 0.25) is 0 Å². The molecule has 34 heavy (non-hydrogen) atoms. The van der Waals surface area contributed by atoms with Gasteiger partial charge in [0.15, 0.2) is 0 Å². The molecule has 5 aromatic rings. The highest BCUT2D eigenvalue weighted by molar-refractivity contribution is 5.92. The average molecular weight is 436 g/mol. The molecule has 0 fully saturated rings. The predicted octanol–water partition coefficient (Wildman–Crippen LogP) is 6.71. The first-order chi connectivity index (χ1) is 16.8. The van der Waals surface area contributed by atoms with Crippen LogP contribution in [0.15, 0.2) is 109 Å². The fourth-order valence-corrected chi connectivity index (χ4v) is 3.81. The fourth-order valence-electron chi connectivity index (χ4n) is 3.81. The second-order valence-electron chi connectivity index (χ2n) is 7.66. The van der Waals surface area contributed by atoms with Gasteiger partial charge in [0.1, 0.15) is 5.75 Å². The maximum atomic E-state index is 5.67. The number of pyridine rings is 1. The van der Waals surface area contributed by atoms with Gasteiger partial charge in [0.25, 0.3) is 0 Å². The van der Waals surface area contributed by atoms with Crippen LogP contribution < -0.4 is 4.74 Å². The van der Waals surface area contributed by atoms with Crippen molar-refractivity contribution in [3.05, 3.63) is 131 Å². The van der Waals surface area contributed by atoms with E-state index in [0.29, 0.717) is 0 Å². The Morgan fingerprint density at radius 2 is 1.12 bits per heavy atom. The van der Waals surface area contributed by atoms with Crippen molar-refractivity contribution < 1.29 is 4.74 Å². The van der Waals surface area contributed by atoms with Crippen molar-refractivity contribution in [2.75, 3.05) is 7.11 Å². The summed E-state index contributed by atoms with van der Waals surface area (Å²) >= 11 is 0. The van der Waals surface area contributed by atoms with Crippen LogP contribution in [0.4, 0.5) is 0 Å². The molecule has 160 valence electrons. The molecule has 5 rings (SSSR count). The lowest BCUT2D eigenvalue weighted by atomic mass is 9.96. The highest BCUT2D eigenvalue weighted by Gasteiger charge is 2.17. The Labute approximate surface area is 199 Å². The number of hydrogen-bond acceptors (Lipinski definition) is 2. The smallest absolute Gasteiger partial charge is 0.128 e. The third-order valence-electron chi connectivity index (χ3n) is 5.47. The molecule has 1 aromatic heterocycles. The summed E-state index contributed by atoms with van der Waals surface area (Å²) in [6.45, 7) is 0. The number of rotatable bonds is 2. The predicted molar refractivity (Wildman–Crippen MR) is 139 cm³/mol. The van der Waals surface area contributed by atoms with Crippen molar-refractivity contribution in [2.45, 2.75) is 0 Å². The van der Waals surface area contributed by atoms with E-state index < -0.39 is 0 Å². The molecule has 0 spiro atoms. The molecule has 0 radical (unpaired) electrons. The summed E-state index contributed by atoms with van der Waals surface area (Å²) < 4.78 is 5.67. The Bertz CT molecular complexity index is 1580. The van der Waals surface area contributed by atoms with E-state index in [1.165, 1.54) is 0 Å². The zero-order valence-corrected chi connectivity index (χ0v) is 18.7. The monoisotopic (exact) mass is 435 g/mol. The Morgan fingerprint density at radius 1 is 0.559 bits per heavy atom. The molecule has 0 bridgehead atoms. The lowest BCUT2D eigenvalue weighted by molar-refractivity contribution is 0.416. The maximum absolute atomic E-state index is 5.67. The second kappa shape index (κ2) is 9.78. The lowest BCUT2D eigenvalue weighted by Crippen LogP contribution is -1.98. The van der Waals surface area contributed by atoms with Crippen LogP contribution in [0, 0.1) is 23.7 Å². The van der Waals surface area contributed by atoms with Gasteiger partial charge in [0, 0.05) is 22.1 Å². The highest BCUT2D eigenvalue weighted by atomic mass is 16.5. The van der Waals surface area contributed by atoms with Crippen LogP contribution in [0.3, 0.4) is 0 Å². The van der Waals surface area contributed by atoms with Crippen molar-refractivity contribution in [2.24, 2.45) is 0 Å². The third kappa shape index (κ3) is 4.40. The molecule has 4 aromatic carbocycles. The first-order valence-electron chi connectivity index (χ1n) is 11.0. The van der Waals surface area contributed by atoms with E-state index in [9.17, 15) is 0 Å². The van der Waals surface area contributed by atoms with Crippen molar-refractivity contribution in [1.82, 2.24) is 4.98 Å². The zero-order chi connectivity index (χ0) is 23.2. The fraction of sp³-hybridized carbons (Fsp3) is 0.0312.